The number of hydrogen-bond donors (Lipinski definition) is 0. The van der Waals surface area contributed by atoms with Gasteiger partial charge < -0.3 is 4.74 Å². The highest BCUT2D eigenvalue weighted by Crippen LogP contribution is 2.24. The Labute approximate surface area is 163 Å². The molecule has 8 nitrogen and oxygen atoms in total. The molecule has 0 fully saturated rings. The third-order valence-electron chi connectivity index (χ3n) is 3.97. The normalized spacial score (nSPS) is 10.8. The molecule has 28 heavy (non-hydrogen) atoms. The number of pyridine rings is 2. The zero-order valence-electron chi connectivity index (χ0n) is 14.2. The number of nitrogens with zero attached hydrogens (tertiary/aromatic N) is 4. The van der Waals surface area contributed by atoms with Gasteiger partial charge in [0.25, 0.3) is 5.69 Å². The van der Waals surface area contributed by atoms with Gasteiger partial charge in [-0.25, -0.2) is 14.8 Å². The van der Waals surface area contributed by atoms with E-state index >= 15 is 0 Å². The minimum absolute atomic E-state index is 0.0186. The lowest BCUT2D eigenvalue weighted by Crippen LogP contribution is -2.08. The van der Waals surface area contributed by atoms with Crippen molar-refractivity contribution in [2.24, 2.45) is 0 Å². The molecule has 3 heterocycles. The molecule has 0 saturated carbocycles. The average molecular weight is 395 g/mol. The highest BCUT2D eigenvalue weighted by molar-refractivity contribution is 6.29. The van der Waals surface area contributed by atoms with E-state index in [2.05, 4.69) is 9.97 Å². The molecule has 4 aromatic rings. The quantitative estimate of drug-likeness (QED) is 0.169. The molecule has 0 aliphatic rings. The molecule has 0 bridgehead atoms. The van der Waals surface area contributed by atoms with Gasteiger partial charge >= 0.3 is 5.97 Å². The molecule has 138 valence electrons. The van der Waals surface area contributed by atoms with Crippen molar-refractivity contribution >= 4 is 28.9 Å². The molecule has 0 spiro atoms. The summed E-state index contributed by atoms with van der Waals surface area (Å²) in [6, 6.07) is 12.7. The fourth-order valence-electron chi connectivity index (χ4n) is 2.62. The first-order valence-electron chi connectivity index (χ1n) is 8.07. The fourth-order valence-corrected chi connectivity index (χ4v) is 2.79. The standard InChI is InChI=1S/C19H11ClN4O4/c20-17-9-13(7-8-21-17)19(25)28-15-4-1-12(2-5-15)16-11-23-10-14(24(26)27)3-6-18(23)22-16/h1-11H. The highest BCUT2D eigenvalue weighted by atomic mass is 35.5. The first-order chi connectivity index (χ1) is 13.5. The maximum atomic E-state index is 12.1. The predicted octanol–water partition coefficient (Wildman–Crippen LogP) is 4.18. The van der Waals surface area contributed by atoms with Crippen LogP contribution >= 0.6 is 11.6 Å². The molecule has 4 rings (SSSR count). The van der Waals surface area contributed by atoms with E-state index in [0.29, 0.717) is 22.7 Å². The van der Waals surface area contributed by atoms with Crippen molar-refractivity contribution in [3.05, 3.63) is 88.0 Å². The van der Waals surface area contributed by atoms with E-state index in [1.54, 1.807) is 40.9 Å². The number of carbonyl (C=O) groups is 1. The van der Waals surface area contributed by atoms with Crippen LogP contribution in [0.5, 0.6) is 5.75 Å². The van der Waals surface area contributed by atoms with Gasteiger partial charge in [0.15, 0.2) is 0 Å². The number of imidazole rings is 1. The second-order valence-electron chi connectivity index (χ2n) is 5.82. The van der Waals surface area contributed by atoms with Crippen LogP contribution in [0.25, 0.3) is 16.9 Å². The van der Waals surface area contributed by atoms with Gasteiger partial charge in [0, 0.05) is 24.0 Å². The van der Waals surface area contributed by atoms with Gasteiger partial charge in [0.1, 0.15) is 16.5 Å². The van der Waals surface area contributed by atoms with Gasteiger partial charge in [-0.2, -0.15) is 0 Å². The van der Waals surface area contributed by atoms with Gasteiger partial charge in [-0.3, -0.25) is 14.5 Å². The second kappa shape index (κ2) is 7.09. The van der Waals surface area contributed by atoms with Gasteiger partial charge in [-0.15, -0.1) is 0 Å². The Balaban J connectivity index is 1.55. The van der Waals surface area contributed by atoms with E-state index in [-0.39, 0.29) is 10.8 Å². The largest absolute Gasteiger partial charge is 0.423 e. The average Bonchev–Trinajstić information content (AvgIpc) is 3.11. The zero-order chi connectivity index (χ0) is 19.7. The molecule has 0 unspecified atom stereocenters. The van der Waals surface area contributed by atoms with Gasteiger partial charge in [0.2, 0.25) is 0 Å². The molecular weight excluding hydrogens is 384 g/mol. The number of esters is 1. The molecule has 3 aromatic heterocycles. The number of aromatic nitrogens is 3. The Morgan fingerprint density at radius 1 is 1.11 bits per heavy atom. The van der Waals surface area contributed by atoms with Crippen LogP contribution in [0.4, 0.5) is 5.69 Å². The van der Waals surface area contributed by atoms with E-state index in [1.807, 2.05) is 0 Å². The van der Waals surface area contributed by atoms with Crippen LogP contribution in [-0.2, 0) is 0 Å². The van der Waals surface area contributed by atoms with Crippen molar-refractivity contribution in [2.75, 3.05) is 0 Å². The first-order valence-corrected chi connectivity index (χ1v) is 8.45. The minimum atomic E-state index is -0.544. The summed E-state index contributed by atoms with van der Waals surface area (Å²) in [5, 5.41) is 11.1. The van der Waals surface area contributed by atoms with E-state index in [4.69, 9.17) is 16.3 Å². The first kappa shape index (κ1) is 17.6. The summed E-state index contributed by atoms with van der Waals surface area (Å²) < 4.78 is 6.91. The third-order valence-corrected chi connectivity index (χ3v) is 4.18. The number of nitro groups is 1. The second-order valence-corrected chi connectivity index (χ2v) is 6.20. The van der Waals surface area contributed by atoms with E-state index in [0.717, 1.165) is 5.56 Å². The maximum absolute atomic E-state index is 12.1. The lowest BCUT2D eigenvalue weighted by molar-refractivity contribution is -0.385. The van der Waals surface area contributed by atoms with Crippen molar-refractivity contribution in [1.29, 1.82) is 0 Å². The van der Waals surface area contributed by atoms with Crippen LogP contribution in [-0.4, -0.2) is 25.3 Å². The lowest BCUT2D eigenvalue weighted by Gasteiger charge is -2.05. The fraction of sp³-hybridized carbons (Fsp3) is 0. The molecule has 0 saturated heterocycles. The maximum Gasteiger partial charge on any atom is 0.343 e. The van der Waals surface area contributed by atoms with E-state index < -0.39 is 10.9 Å². The number of rotatable bonds is 4. The lowest BCUT2D eigenvalue weighted by atomic mass is 10.1. The summed E-state index contributed by atoms with van der Waals surface area (Å²) >= 11 is 5.78. The van der Waals surface area contributed by atoms with Crippen LogP contribution in [0.15, 0.2) is 67.1 Å². The van der Waals surface area contributed by atoms with Crippen LogP contribution in [0.2, 0.25) is 5.15 Å². The third kappa shape index (κ3) is 3.53. The van der Waals surface area contributed by atoms with Crippen LogP contribution in [0.3, 0.4) is 0 Å². The molecular formula is C19H11ClN4O4. The van der Waals surface area contributed by atoms with Gasteiger partial charge in [-0.05, 0) is 42.5 Å². The predicted molar refractivity (Wildman–Crippen MR) is 101 cm³/mol. The summed E-state index contributed by atoms with van der Waals surface area (Å²) in [7, 11) is 0. The Bertz CT molecular complexity index is 1200. The van der Waals surface area contributed by atoms with Crippen molar-refractivity contribution in [3.63, 3.8) is 0 Å². The Morgan fingerprint density at radius 3 is 2.61 bits per heavy atom. The van der Waals surface area contributed by atoms with Crippen molar-refractivity contribution in [3.8, 4) is 17.0 Å². The minimum Gasteiger partial charge on any atom is -0.423 e. The summed E-state index contributed by atoms with van der Waals surface area (Å²) in [4.78, 5) is 30.8. The van der Waals surface area contributed by atoms with E-state index in [9.17, 15) is 14.9 Å². The van der Waals surface area contributed by atoms with Crippen molar-refractivity contribution in [2.45, 2.75) is 0 Å². The highest BCUT2D eigenvalue weighted by Gasteiger charge is 2.12. The number of fused-ring (bicyclic) bond motifs is 1. The number of hydrogen-bond acceptors (Lipinski definition) is 6. The number of ether oxygens (including phenoxy) is 1. The number of carbonyl (C=O) groups excluding carboxylic acids is 1. The topological polar surface area (TPSA) is 99.6 Å². The van der Waals surface area contributed by atoms with Crippen LogP contribution in [0, 0.1) is 10.1 Å². The molecule has 1 aromatic carbocycles. The molecule has 0 atom stereocenters. The van der Waals surface area contributed by atoms with E-state index in [1.165, 1.54) is 30.6 Å². The Hall–Kier alpha value is -3.78. The SMILES string of the molecule is O=C(Oc1ccc(-c2cn3cc([N+](=O)[O-])ccc3n2)cc1)c1ccnc(Cl)c1. The van der Waals surface area contributed by atoms with Gasteiger partial charge in [-0.1, -0.05) is 11.6 Å². The van der Waals surface area contributed by atoms with Crippen LogP contribution in [0.1, 0.15) is 10.4 Å². The summed E-state index contributed by atoms with van der Waals surface area (Å²) in [6.45, 7) is 0. The molecule has 0 radical (unpaired) electrons. The molecule has 0 N–H and O–H groups in total. The smallest absolute Gasteiger partial charge is 0.343 e. The Morgan fingerprint density at radius 2 is 1.89 bits per heavy atom. The van der Waals surface area contributed by atoms with Crippen molar-refractivity contribution in [1.82, 2.24) is 14.4 Å². The number of benzene rings is 1. The molecule has 0 aliphatic heterocycles. The number of halogens is 1. The van der Waals surface area contributed by atoms with Crippen molar-refractivity contribution < 1.29 is 14.5 Å². The Kier molecular flexibility index (Phi) is 4.46. The molecule has 9 heteroatoms. The zero-order valence-corrected chi connectivity index (χ0v) is 14.9. The van der Waals surface area contributed by atoms with Gasteiger partial charge in [0.05, 0.1) is 22.4 Å². The summed E-state index contributed by atoms with van der Waals surface area (Å²) in [5.74, 6) is -0.182. The van der Waals surface area contributed by atoms with Crippen LogP contribution < -0.4 is 4.74 Å². The summed E-state index contributed by atoms with van der Waals surface area (Å²) in [5.41, 5.74) is 2.28. The molecule has 0 aliphatic carbocycles. The molecule has 0 amide bonds. The summed E-state index contributed by atoms with van der Waals surface area (Å²) in [6.07, 6.45) is 4.53. The monoisotopic (exact) mass is 394 g/mol.